The van der Waals surface area contributed by atoms with E-state index in [0.29, 0.717) is 27.4 Å². The standard InChI is InChI=1S/C31H25ClN2O5/c1-30(2,3)29(37)26-25(18-7-6-8-20(16-18)34(38)39)31(27(35)21-9-4-5-10-22(21)28(31)36)24-14-11-17-15-19(32)12-13-23(17)33(24)26/h4-16,24-26H,1-3H3/t24-,25-,26-/m1/s1. The van der Waals surface area contributed by atoms with Crippen molar-refractivity contribution in [2.75, 3.05) is 4.90 Å². The van der Waals surface area contributed by atoms with Gasteiger partial charge in [-0.15, -0.1) is 0 Å². The first kappa shape index (κ1) is 25.2. The zero-order valence-corrected chi connectivity index (χ0v) is 22.3. The topological polar surface area (TPSA) is 97.6 Å². The van der Waals surface area contributed by atoms with Gasteiger partial charge in [-0.2, -0.15) is 0 Å². The molecular weight excluding hydrogens is 516 g/mol. The zero-order valence-electron chi connectivity index (χ0n) is 21.6. The van der Waals surface area contributed by atoms with Crippen molar-refractivity contribution in [3.05, 3.63) is 110 Å². The molecule has 0 saturated carbocycles. The molecule has 3 aliphatic rings. The van der Waals surface area contributed by atoms with Gasteiger partial charge >= 0.3 is 0 Å². The van der Waals surface area contributed by atoms with Crippen LogP contribution in [-0.4, -0.2) is 34.4 Å². The largest absolute Gasteiger partial charge is 0.352 e. The summed E-state index contributed by atoms with van der Waals surface area (Å²) in [7, 11) is 0. The van der Waals surface area contributed by atoms with Crippen LogP contribution in [-0.2, 0) is 4.79 Å². The van der Waals surface area contributed by atoms with Gasteiger partial charge in [0, 0.05) is 45.3 Å². The predicted molar refractivity (Wildman–Crippen MR) is 148 cm³/mol. The number of hydrogen-bond donors (Lipinski definition) is 0. The Bertz CT molecular complexity index is 1600. The van der Waals surface area contributed by atoms with Crippen LogP contribution in [0.25, 0.3) is 6.08 Å². The summed E-state index contributed by atoms with van der Waals surface area (Å²) in [5.41, 5.74) is -0.265. The van der Waals surface area contributed by atoms with E-state index >= 15 is 0 Å². The van der Waals surface area contributed by atoms with Gasteiger partial charge < -0.3 is 4.90 Å². The van der Waals surface area contributed by atoms with Gasteiger partial charge in [-0.3, -0.25) is 24.5 Å². The van der Waals surface area contributed by atoms with E-state index in [1.54, 1.807) is 75.4 Å². The maximum atomic E-state index is 14.5. The summed E-state index contributed by atoms with van der Waals surface area (Å²) in [6.45, 7) is 5.40. The highest BCUT2D eigenvalue weighted by atomic mass is 35.5. The molecule has 8 heteroatoms. The molecule has 3 aromatic rings. The molecule has 7 nitrogen and oxygen atoms in total. The third-order valence-electron chi connectivity index (χ3n) is 8.21. The van der Waals surface area contributed by atoms with Crippen molar-refractivity contribution < 1.29 is 19.3 Å². The summed E-state index contributed by atoms with van der Waals surface area (Å²) in [5.74, 6) is -1.90. The Morgan fingerprint density at radius 3 is 2.26 bits per heavy atom. The lowest BCUT2D eigenvalue weighted by molar-refractivity contribution is -0.384. The van der Waals surface area contributed by atoms with Crippen LogP contribution in [0.2, 0.25) is 5.02 Å². The lowest BCUT2D eigenvalue weighted by Gasteiger charge is -2.38. The molecule has 1 aliphatic carbocycles. The number of Topliss-reactive ketones (excluding diaryl/α,β-unsaturated/α-hetero) is 3. The van der Waals surface area contributed by atoms with E-state index in [9.17, 15) is 24.5 Å². The number of fused-ring (bicyclic) bond motifs is 5. The summed E-state index contributed by atoms with van der Waals surface area (Å²) in [6.07, 6.45) is 3.64. The molecule has 0 aromatic heterocycles. The van der Waals surface area contributed by atoms with Crippen LogP contribution >= 0.6 is 11.6 Å². The van der Waals surface area contributed by atoms with Gasteiger partial charge in [0.25, 0.3) is 5.69 Å². The van der Waals surface area contributed by atoms with E-state index in [4.69, 9.17) is 11.6 Å². The van der Waals surface area contributed by atoms with Gasteiger partial charge in [0.1, 0.15) is 5.41 Å². The van der Waals surface area contributed by atoms with Gasteiger partial charge in [0.15, 0.2) is 17.3 Å². The van der Waals surface area contributed by atoms with E-state index in [2.05, 4.69) is 0 Å². The van der Waals surface area contributed by atoms with Crippen molar-refractivity contribution in [2.24, 2.45) is 10.8 Å². The van der Waals surface area contributed by atoms with Crippen LogP contribution in [0.5, 0.6) is 0 Å². The number of rotatable bonds is 3. The summed E-state index contributed by atoms with van der Waals surface area (Å²) in [6, 6.07) is 16.2. The minimum atomic E-state index is -1.70. The molecular formula is C31H25ClN2O5. The van der Waals surface area contributed by atoms with Gasteiger partial charge in [-0.05, 0) is 29.3 Å². The smallest absolute Gasteiger partial charge is 0.269 e. The van der Waals surface area contributed by atoms with Crippen LogP contribution in [0.15, 0.2) is 72.8 Å². The number of nitrogens with zero attached hydrogens (tertiary/aromatic N) is 2. The fourth-order valence-corrected chi connectivity index (χ4v) is 6.78. The average Bonchev–Trinajstić information content (AvgIpc) is 3.33. The second-order valence-corrected chi connectivity index (χ2v) is 11.8. The number of nitro benzene ring substituents is 1. The molecule has 2 heterocycles. The number of ketones is 3. The average molecular weight is 541 g/mol. The molecule has 0 bridgehead atoms. The Labute approximate surface area is 230 Å². The molecule has 0 unspecified atom stereocenters. The Morgan fingerprint density at radius 2 is 1.64 bits per heavy atom. The van der Waals surface area contributed by atoms with Crippen molar-refractivity contribution >= 4 is 46.4 Å². The molecule has 0 radical (unpaired) electrons. The highest BCUT2D eigenvalue weighted by Crippen LogP contribution is 2.61. The van der Waals surface area contributed by atoms with E-state index in [1.807, 2.05) is 11.0 Å². The molecule has 6 rings (SSSR count). The number of halogens is 1. The minimum absolute atomic E-state index is 0.173. The second-order valence-electron chi connectivity index (χ2n) is 11.4. The third kappa shape index (κ3) is 3.39. The molecule has 3 aromatic carbocycles. The SMILES string of the molecule is CC(C)(C)C(=O)[C@H]1[C@@H](c2cccc([N+](=O)[O-])c2)C2(C(=O)c3ccccc3C2=O)[C@H]2C=Cc3cc(Cl)ccc3N12. The first-order valence-corrected chi connectivity index (χ1v) is 13.1. The summed E-state index contributed by atoms with van der Waals surface area (Å²) >= 11 is 6.30. The maximum absolute atomic E-state index is 14.5. The number of nitro groups is 1. The van der Waals surface area contributed by atoms with Crippen molar-refractivity contribution in [2.45, 2.75) is 38.8 Å². The van der Waals surface area contributed by atoms with Crippen molar-refractivity contribution in [1.29, 1.82) is 0 Å². The highest BCUT2D eigenvalue weighted by Gasteiger charge is 2.72. The minimum Gasteiger partial charge on any atom is -0.352 e. The predicted octanol–water partition coefficient (Wildman–Crippen LogP) is 6.30. The van der Waals surface area contributed by atoms with Crippen LogP contribution in [0.1, 0.15) is 58.5 Å². The fourth-order valence-electron chi connectivity index (χ4n) is 6.60. The van der Waals surface area contributed by atoms with Crippen LogP contribution in [0.4, 0.5) is 11.4 Å². The first-order chi connectivity index (χ1) is 18.5. The first-order valence-electron chi connectivity index (χ1n) is 12.7. The third-order valence-corrected chi connectivity index (χ3v) is 8.45. The van der Waals surface area contributed by atoms with Crippen LogP contribution in [0, 0.1) is 20.9 Å². The van der Waals surface area contributed by atoms with E-state index in [0.717, 1.165) is 5.56 Å². The second kappa shape index (κ2) is 8.45. The molecule has 196 valence electrons. The maximum Gasteiger partial charge on any atom is 0.269 e. The Balaban J connectivity index is 1.71. The molecule has 0 amide bonds. The molecule has 39 heavy (non-hydrogen) atoms. The van der Waals surface area contributed by atoms with Crippen molar-refractivity contribution in [3.63, 3.8) is 0 Å². The number of carbonyl (C=O) groups excluding carboxylic acids is 3. The van der Waals surface area contributed by atoms with Crippen LogP contribution in [0.3, 0.4) is 0 Å². The quantitative estimate of drug-likeness (QED) is 0.220. The van der Waals surface area contributed by atoms with Crippen molar-refractivity contribution in [3.8, 4) is 0 Å². The van der Waals surface area contributed by atoms with E-state index < -0.39 is 33.8 Å². The molecule has 0 N–H and O–H groups in total. The highest BCUT2D eigenvalue weighted by molar-refractivity contribution is 6.32. The Kier molecular flexibility index (Phi) is 5.46. The zero-order chi connectivity index (χ0) is 27.9. The van der Waals surface area contributed by atoms with Gasteiger partial charge in [-0.25, -0.2) is 0 Å². The molecule has 1 saturated heterocycles. The van der Waals surface area contributed by atoms with Gasteiger partial charge in [-0.1, -0.05) is 80.9 Å². The lowest BCUT2D eigenvalue weighted by Crippen LogP contribution is -2.49. The molecule has 1 spiro atoms. The Hall–Kier alpha value is -4.10. The summed E-state index contributed by atoms with van der Waals surface area (Å²) in [4.78, 5) is 56.6. The van der Waals surface area contributed by atoms with Gasteiger partial charge in [0.05, 0.1) is 17.0 Å². The number of anilines is 1. The van der Waals surface area contributed by atoms with Gasteiger partial charge in [0.2, 0.25) is 0 Å². The number of benzene rings is 3. The number of non-ortho nitro benzene ring substituents is 1. The summed E-state index contributed by atoms with van der Waals surface area (Å²) < 4.78 is 0. The Morgan fingerprint density at radius 1 is 0.974 bits per heavy atom. The number of carbonyl (C=O) groups is 3. The monoisotopic (exact) mass is 540 g/mol. The number of hydrogen-bond acceptors (Lipinski definition) is 6. The molecule has 3 atom stereocenters. The van der Waals surface area contributed by atoms with Crippen molar-refractivity contribution in [1.82, 2.24) is 0 Å². The van der Waals surface area contributed by atoms with E-state index in [-0.39, 0.29) is 23.0 Å². The fraction of sp³-hybridized carbons (Fsp3) is 0.258. The normalized spacial score (nSPS) is 22.6. The lowest BCUT2D eigenvalue weighted by atomic mass is 9.63. The van der Waals surface area contributed by atoms with Crippen LogP contribution < -0.4 is 4.90 Å². The van der Waals surface area contributed by atoms with E-state index in [1.165, 1.54) is 18.2 Å². The molecule has 1 fully saturated rings. The summed E-state index contributed by atoms with van der Waals surface area (Å²) in [5, 5.41) is 12.3. The molecule has 2 aliphatic heterocycles.